The Morgan fingerprint density at radius 2 is 1.92 bits per heavy atom. The number of hydrogen-bond acceptors (Lipinski definition) is 5. The van der Waals surface area contributed by atoms with E-state index < -0.39 is 11.0 Å². The monoisotopic (exact) mass is 376 g/mol. The van der Waals surface area contributed by atoms with Gasteiger partial charge in [0.25, 0.3) is 11.6 Å². The third-order valence-electron chi connectivity index (χ3n) is 4.72. The van der Waals surface area contributed by atoms with E-state index in [1.54, 1.807) is 21.9 Å². The van der Waals surface area contributed by atoms with Crippen molar-refractivity contribution in [3.05, 3.63) is 51.2 Å². The molecule has 1 aromatic rings. The summed E-state index contributed by atoms with van der Waals surface area (Å²) in [7, 11) is 1.81. The molecule has 1 amide bonds. The second-order valence-corrected chi connectivity index (χ2v) is 6.58. The normalized spacial score (nSPS) is 20.8. The van der Waals surface area contributed by atoms with E-state index in [0.717, 1.165) is 11.3 Å². The van der Waals surface area contributed by atoms with Crippen molar-refractivity contribution in [3.8, 4) is 0 Å². The Hall–Kier alpha value is -2.52. The number of non-ortho nitro benzene ring substituents is 1. The lowest BCUT2D eigenvalue weighted by molar-refractivity contribution is -0.384. The first-order valence-corrected chi connectivity index (χ1v) is 8.67. The average Bonchev–Trinajstić information content (AvgIpc) is 2.66. The van der Waals surface area contributed by atoms with Gasteiger partial charge in [-0.25, -0.2) is 0 Å². The van der Waals surface area contributed by atoms with Crippen molar-refractivity contribution in [3.63, 3.8) is 0 Å². The first-order valence-electron chi connectivity index (χ1n) is 8.26. The number of benzene rings is 1. The zero-order chi connectivity index (χ0) is 18.8. The lowest BCUT2D eigenvalue weighted by Gasteiger charge is -2.38. The largest absolute Gasteiger partial charge is 0.378 e. The highest BCUT2D eigenvalue weighted by Crippen LogP contribution is 2.32. The molecule has 138 valence electrons. The quantitative estimate of drug-likeness (QED) is 0.487. The van der Waals surface area contributed by atoms with Crippen LogP contribution in [-0.2, 0) is 9.53 Å². The van der Waals surface area contributed by atoms with E-state index >= 15 is 0 Å². The maximum atomic E-state index is 13.2. The van der Waals surface area contributed by atoms with Crippen molar-refractivity contribution in [2.75, 3.05) is 33.4 Å². The number of thiocarbonyl (C=S) groups is 1. The summed E-state index contributed by atoms with van der Waals surface area (Å²) >= 11 is 5.37. The molecule has 0 bridgehead atoms. The fourth-order valence-electron chi connectivity index (χ4n) is 3.09. The highest BCUT2D eigenvalue weighted by Gasteiger charge is 2.35. The van der Waals surface area contributed by atoms with Crippen LogP contribution in [0.25, 0.3) is 0 Å². The van der Waals surface area contributed by atoms with Gasteiger partial charge in [-0.1, -0.05) is 0 Å². The van der Waals surface area contributed by atoms with Gasteiger partial charge in [0.1, 0.15) is 0 Å². The predicted molar refractivity (Wildman–Crippen MR) is 99.4 cm³/mol. The molecule has 0 saturated carbocycles. The van der Waals surface area contributed by atoms with Crippen molar-refractivity contribution in [2.45, 2.75) is 13.0 Å². The number of nitrogens with one attached hydrogen (secondary N) is 1. The molecule has 0 radical (unpaired) electrons. The summed E-state index contributed by atoms with van der Waals surface area (Å²) in [4.78, 5) is 27.2. The number of nitrogens with zero attached hydrogens (tertiary/aromatic N) is 3. The maximum Gasteiger partial charge on any atom is 0.269 e. The average molecular weight is 376 g/mol. The zero-order valence-corrected chi connectivity index (χ0v) is 15.4. The van der Waals surface area contributed by atoms with E-state index in [1.165, 1.54) is 12.1 Å². The lowest BCUT2D eigenvalue weighted by atomic mass is 9.93. The zero-order valence-electron chi connectivity index (χ0n) is 14.6. The molecule has 1 atom stereocenters. The summed E-state index contributed by atoms with van der Waals surface area (Å²) in [5, 5.41) is 14.6. The summed E-state index contributed by atoms with van der Waals surface area (Å²) in [6.07, 6.45) is 0. The van der Waals surface area contributed by atoms with Crippen molar-refractivity contribution in [1.29, 1.82) is 0 Å². The maximum absolute atomic E-state index is 13.2. The fraction of sp³-hybridized carbons (Fsp3) is 0.412. The minimum atomic E-state index is -0.449. The number of carbonyl (C=O) groups is 1. The number of nitro benzene ring substituents is 1. The molecule has 2 heterocycles. The van der Waals surface area contributed by atoms with E-state index in [9.17, 15) is 14.9 Å². The van der Waals surface area contributed by atoms with Gasteiger partial charge in [0.2, 0.25) is 0 Å². The van der Waals surface area contributed by atoms with Gasteiger partial charge in [-0.2, -0.15) is 0 Å². The molecule has 0 aromatic heterocycles. The van der Waals surface area contributed by atoms with Crippen LogP contribution in [0.3, 0.4) is 0 Å². The number of rotatable bonds is 3. The summed E-state index contributed by atoms with van der Waals surface area (Å²) in [5.41, 5.74) is 2.12. The van der Waals surface area contributed by atoms with Crippen molar-refractivity contribution >= 4 is 28.9 Å². The molecule has 1 saturated heterocycles. The number of nitro groups is 1. The Labute approximate surface area is 156 Å². The number of hydrogen-bond donors (Lipinski definition) is 1. The van der Waals surface area contributed by atoms with E-state index in [4.69, 9.17) is 17.0 Å². The number of allylic oxidation sites excluding steroid dienone is 1. The molecule has 0 spiro atoms. The lowest BCUT2D eigenvalue weighted by Crippen LogP contribution is -2.50. The third kappa shape index (κ3) is 3.40. The molecule has 3 rings (SSSR count). The van der Waals surface area contributed by atoms with E-state index in [-0.39, 0.29) is 11.6 Å². The van der Waals surface area contributed by atoms with E-state index in [2.05, 4.69) is 5.32 Å². The molecule has 2 aliphatic rings. The highest BCUT2D eigenvalue weighted by atomic mass is 32.1. The van der Waals surface area contributed by atoms with E-state index in [0.29, 0.717) is 37.0 Å². The number of carbonyl (C=O) groups excluding carboxylic acids is 1. The van der Waals surface area contributed by atoms with Gasteiger partial charge in [0.15, 0.2) is 5.11 Å². The molecule has 9 heteroatoms. The van der Waals surface area contributed by atoms with Crippen molar-refractivity contribution in [2.24, 2.45) is 0 Å². The second kappa shape index (κ2) is 7.38. The molecule has 1 unspecified atom stereocenters. The van der Waals surface area contributed by atoms with Gasteiger partial charge in [-0.3, -0.25) is 14.9 Å². The molecule has 1 N–H and O–H groups in total. The Morgan fingerprint density at radius 1 is 1.31 bits per heavy atom. The van der Waals surface area contributed by atoms with Gasteiger partial charge >= 0.3 is 0 Å². The van der Waals surface area contributed by atoms with Gasteiger partial charge in [-0.15, -0.1) is 0 Å². The van der Waals surface area contributed by atoms with Gasteiger partial charge in [0, 0.05) is 38.0 Å². The van der Waals surface area contributed by atoms with Gasteiger partial charge in [-0.05, 0) is 36.8 Å². The Balaban J connectivity index is 1.99. The standard InChI is InChI=1S/C17H20N4O4S/c1-11-14(16(22)20-7-9-25-10-8-20)15(18-17(26)19(11)2)12-3-5-13(6-4-12)21(23)24/h3-6,15H,7-10H2,1-2H3,(H,18,26). The molecule has 8 nitrogen and oxygen atoms in total. The molecule has 26 heavy (non-hydrogen) atoms. The van der Waals surface area contributed by atoms with Crippen LogP contribution in [0.15, 0.2) is 35.5 Å². The van der Waals surface area contributed by atoms with Crippen molar-refractivity contribution < 1.29 is 14.5 Å². The summed E-state index contributed by atoms with van der Waals surface area (Å²) in [6.45, 7) is 3.97. The van der Waals surface area contributed by atoms with E-state index in [1.807, 2.05) is 14.0 Å². The molecule has 0 aliphatic carbocycles. The Kier molecular flexibility index (Phi) is 5.19. The van der Waals surface area contributed by atoms with Crippen molar-refractivity contribution in [1.82, 2.24) is 15.1 Å². The van der Waals surface area contributed by atoms with Gasteiger partial charge in [0.05, 0.1) is 29.8 Å². The molecule has 1 aromatic carbocycles. The van der Waals surface area contributed by atoms with Gasteiger partial charge < -0.3 is 19.9 Å². The number of amides is 1. The summed E-state index contributed by atoms with van der Waals surface area (Å²) in [5.74, 6) is -0.0731. The topological polar surface area (TPSA) is 88.0 Å². The highest BCUT2D eigenvalue weighted by molar-refractivity contribution is 7.80. The smallest absolute Gasteiger partial charge is 0.269 e. The van der Waals surface area contributed by atoms with Crippen LogP contribution in [0.5, 0.6) is 0 Å². The Bertz CT molecular complexity index is 771. The Morgan fingerprint density at radius 3 is 2.50 bits per heavy atom. The van der Waals surface area contributed by atoms with Crippen LogP contribution < -0.4 is 5.32 Å². The van der Waals surface area contributed by atoms with Crippen LogP contribution >= 0.6 is 12.2 Å². The van der Waals surface area contributed by atoms with Crippen LogP contribution in [0.1, 0.15) is 18.5 Å². The van der Waals surface area contributed by atoms with Crippen LogP contribution in [0, 0.1) is 10.1 Å². The van der Waals surface area contributed by atoms with Crippen LogP contribution in [0.2, 0.25) is 0 Å². The van der Waals surface area contributed by atoms with Crippen LogP contribution in [-0.4, -0.2) is 59.1 Å². The summed E-state index contributed by atoms with van der Waals surface area (Å²) in [6, 6.07) is 5.73. The predicted octanol–water partition coefficient (Wildman–Crippen LogP) is 1.59. The molecule has 2 aliphatic heterocycles. The second-order valence-electron chi connectivity index (χ2n) is 6.19. The minimum absolute atomic E-state index is 0.00557. The number of morpholine rings is 1. The minimum Gasteiger partial charge on any atom is -0.378 e. The number of ether oxygens (including phenoxy) is 1. The molecular formula is C17H20N4O4S. The summed E-state index contributed by atoms with van der Waals surface area (Å²) < 4.78 is 5.33. The molecular weight excluding hydrogens is 356 g/mol. The van der Waals surface area contributed by atoms with Crippen LogP contribution in [0.4, 0.5) is 5.69 Å². The fourth-order valence-corrected chi connectivity index (χ4v) is 3.34. The first-order chi connectivity index (χ1) is 12.4. The first kappa shape index (κ1) is 18.3. The third-order valence-corrected chi connectivity index (χ3v) is 5.11. The SMILES string of the molecule is CC1=C(C(=O)N2CCOCC2)C(c2ccc([N+](=O)[O-])cc2)NC(=S)N1C. The molecule has 1 fully saturated rings.